The fourth-order valence-electron chi connectivity index (χ4n) is 4.48. The summed E-state index contributed by atoms with van der Waals surface area (Å²) in [6.07, 6.45) is 3.50. The Labute approximate surface area is 243 Å². The van der Waals surface area contributed by atoms with Gasteiger partial charge < -0.3 is 9.47 Å². The number of rotatable bonds is 9. The molecule has 0 atom stereocenters. The number of nitro groups is 1. The molecule has 0 aliphatic rings. The summed E-state index contributed by atoms with van der Waals surface area (Å²) in [6.45, 7) is 4.54. The topological polar surface area (TPSA) is 127 Å². The van der Waals surface area contributed by atoms with Crippen LogP contribution in [0.5, 0.6) is 11.5 Å². The van der Waals surface area contributed by atoms with E-state index in [0.29, 0.717) is 45.4 Å². The summed E-state index contributed by atoms with van der Waals surface area (Å²) in [5.74, 6) is 1.36. The highest BCUT2D eigenvalue weighted by Gasteiger charge is 2.20. The smallest absolute Gasteiger partial charge is 0.311 e. The largest absolute Gasteiger partial charge is 0.494 e. The lowest BCUT2D eigenvalue weighted by molar-refractivity contribution is -0.385. The highest BCUT2D eigenvalue weighted by molar-refractivity contribution is 7.15. The lowest BCUT2D eigenvalue weighted by atomic mass is 10.1. The number of thiazole rings is 1. The number of nitrogens with zero attached hydrogens (tertiary/aromatic N) is 6. The summed E-state index contributed by atoms with van der Waals surface area (Å²) in [5, 5.41) is 21.0. The maximum Gasteiger partial charge on any atom is 0.311 e. The molecule has 0 fully saturated rings. The van der Waals surface area contributed by atoms with E-state index < -0.39 is 4.92 Å². The van der Waals surface area contributed by atoms with Crippen molar-refractivity contribution in [3.8, 4) is 39.8 Å². The van der Waals surface area contributed by atoms with E-state index in [4.69, 9.17) is 14.6 Å². The van der Waals surface area contributed by atoms with Gasteiger partial charge in [0.1, 0.15) is 11.4 Å². The monoisotopic (exact) mass is 580 g/mol. The Kier molecular flexibility index (Phi) is 7.19. The SMILES string of the molecule is CCOc1ccc(-c2nc3sc(=Cc4cn(-c5ccccc5)nc4-c4ccc(OCC)c([N+](=O)[O-])c4)c(=O)n3n2)cc1. The molecule has 6 rings (SSSR count). The van der Waals surface area contributed by atoms with Gasteiger partial charge in [-0.25, -0.2) is 4.68 Å². The van der Waals surface area contributed by atoms with Crippen LogP contribution in [0.15, 0.2) is 83.8 Å². The molecule has 0 amide bonds. The maximum absolute atomic E-state index is 13.4. The number of fused-ring (bicyclic) bond motifs is 1. The Morgan fingerprint density at radius 1 is 0.952 bits per heavy atom. The van der Waals surface area contributed by atoms with Crippen LogP contribution >= 0.6 is 11.3 Å². The molecule has 3 aromatic carbocycles. The van der Waals surface area contributed by atoms with Gasteiger partial charge >= 0.3 is 5.69 Å². The van der Waals surface area contributed by atoms with Crippen molar-refractivity contribution in [1.82, 2.24) is 24.4 Å². The average molecular weight is 581 g/mol. The van der Waals surface area contributed by atoms with E-state index in [1.165, 1.54) is 21.9 Å². The summed E-state index contributed by atoms with van der Waals surface area (Å²) in [5.41, 5.74) is 2.65. The molecule has 12 heteroatoms. The average Bonchev–Trinajstić information content (AvgIpc) is 3.69. The van der Waals surface area contributed by atoms with Crippen molar-refractivity contribution in [2.45, 2.75) is 13.8 Å². The first-order valence-corrected chi connectivity index (χ1v) is 14.0. The minimum absolute atomic E-state index is 0.167. The Morgan fingerprint density at radius 2 is 1.69 bits per heavy atom. The van der Waals surface area contributed by atoms with Crippen LogP contribution in [0.25, 0.3) is 39.4 Å². The zero-order valence-corrected chi connectivity index (χ0v) is 23.4. The van der Waals surface area contributed by atoms with Crippen molar-refractivity contribution >= 4 is 28.1 Å². The van der Waals surface area contributed by atoms with Crippen LogP contribution in [0.1, 0.15) is 19.4 Å². The number of ether oxygens (including phenoxy) is 2. The van der Waals surface area contributed by atoms with Gasteiger partial charge in [0, 0.05) is 29.0 Å². The molecular formula is C30H24N6O5S. The van der Waals surface area contributed by atoms with E-state index in [1.54, 1.807) is 36.0 Å². The number of hydrogen-bond donors (Lipinski definition) is 0. The van der Waals surface area contributed by atoms with Gasteiger partial charge in [-0.2, -0.15) is 14.6 Å². The van der Waals surface area contributed by atoms with Crippen LogP contribution in [0.4, 0.5) is 5.69 Å². The molecular weight excluding hydrogens is 556 g/mol. The molecule has 42 heavy (non-hydrogen) atoms. The molecule has 6 aromatic rings. The lowest BCUT2D eigenvalue weighted by Crippen LogP contribution is -2.23. The van der Waals surface area contributed by atoms with Crippen molar-refractivity contribution in [3.63, 3.8) is 0 Å². The van der Waals surface area contributed by atoms with Crippen LogP contribution in [0, 0.1) is 10.1 Å². The lowest BCUT2D eigenvalue weighted by Gasteiger charge is -2.06. The number of hydrogen-bond acceptors (Lipinski definition) is 9. The quantitative estimate of drug-likeness (QED) is 0.174. The van der Waals surface area contributed by atoms with Gasteiger partial charge in [-0.15, -0.1) is 5.10 Å². The van der Waals surface area contributed by atoms with Gasteiger partial charge in [-0.05, 0) is 68.5 Å². The first-order valence-electron chi connectivity index (χ1n) is 13.2. The minimum Gasteiger partial charge on any atom is -0.494 e. The standard InChI is InChI=1S/C30H24N6O5S/c1-3-40-23-13-10-19(11-14-23)28-31-30-35(33-28)29(37)26(42-30)17-21-18-34(22-8-6-5-7-9-22)32-27(21)20-12-15-25(41-4-2)24(16-20)36(38)39/h5-18H,3-4H2,1-2H3. The second-order valence-electron chi connectivity index (χ2n) is 9.09. The zero-order valence-electron chi connectivity index (χ0n) is 22.6. The van der Waals surface area contributed by atoms with Crippen LogP contribution in [0.3, 0.4) is 0 Å². The van der Waals surface area contributed by atoms with Crippen molar-refractivity contribution in [1.29, 1.82) is 0 Å². The summed E-state index contributed by atoms with van der Waals surface area (Å²) < 4.78 is 14.3. The van der Waals surface area contributed by atoms with Crippen LogP contribution in [-0.4, -0.2) is 42.5 Å². The number of para-hydroxylation sites is 1. The molecule has 0 aliphatic heterocycles. The molecule has 0 N–H and O–H groups in total. The van der Waals surface area contributed by atoms with Crippen LogP contribution < -0.4 is 19.6 Å². The predicted molar refractivity (Wildman–Crippen MR) is 159 cm³/mol. The molecule has 0 saturated carbocycles. The number of aromatic nitrogens is 5. The Balaban J connectivity index is 1.45. The fraction of sp³-hybridized carbons (Fsp3) is 0.133. The van der Waals surface area contributed by atoms with Crippen molar-refractivity contribution in [2.75, 3.05) is 13.2 Å². The molecule has 0 aliphatic carbocycles. The third kappa shape index (κ3) is 5.10. The summed E-state index contributed by atoms with van der Waals surface area (Å²) >= 11 is 1.20. The van der Waals surface area contributed by atoms with Crippen molar-refractivity contribution in [2.24, 2.45) is 0 Å². The highest BCUT2D eigenvalue weighted by atomic mass is 32.1. The van der Waals surface area contributed by atoms with E-state index >= 15 is 0 Å². The van der Waals surface area contributed by atoms with Gasteiger partial charge in [0.2, 0.25) is 4.96 Å². The summed E-state index contributed by atoms with van der Waals surface area (Å²) in [4.78, 5) is 29.7. The molecule has 11 nitrogen and oxygen atoms in total. The van der Waals surface area contributed by atoms with Gasteiger partial charge in [0.25, 0.3) is 5.56 Å². The van der Waals surface area contributed by atoms with Crippen LogP contribution in [-0.2, 0) is 0 Å². The molecule has 3 heterocycles. The summed E-state index contributed by atoms with van der Waals surface area (Å²) in [7, 11) is 0. The first kappa shape index (κ1) is 26.8. The molecule has 0 radical (unpaired) electrons. The van der Waals surface area contributed by atoms with Crippen molar-refractivity contribution < 1.29 is 14.4 Å². The Morgan fingerprint density at radius 3 is 2.38 bits per heavy atom. The number of nitro benzene ring substituents is 1. The van der Waals surface area contributed by atoms with Gasteiger partial charge in [-0.1, -0.05) is 29.5 Å². The van der Waals surface area contributed by atoms with E-state index in [0.717, 1.165) is 17.0 Å². The maximum atomic E-state index is 13.4. The molecule has 210 valence electrons. The minimum atomic E-state index is -0.482. The normalized spacial score (nSPS) is 11.7. The second kappa shape index (κ2) is 11.3. The summed E-state index contributed by atoms with van der Waals surface area (Å²) in [6, 6.07) is 21.6. The van der Waals surface area contributed by atoms with E-state index in [1.807, 2.05) is 61.5 Å². The fourth-order valence-corrected chi connectivity index (χ4v) is 5.38. The van der Waals surface area contributed by atoms with Gasteiger partial charge in [0.05, 0.1) is 28.4 Å². The Bertz CT molecular complexity index is 2020. The highest BCUT2D eigenvalue weighted by Crippen LogP contribution is 2.34. The second-order valence-corrected chi connectivity index (χ2v) is 10.1. The third-order valence-electron chi connectivity index (χ3n) is 6.38. The molecule has 3 aromatic heterocycles. The first-order chi connectivity index (χ1) is 20.4. The zero-order chi connectivity index (χ0) is 29.2. The molecule has 0 spiro atoms. The Hall–Kier alpha value is -5.36. The van der Waals surface area contributed by atoms with E-state index in [2.05, 4.69) is 10.1 Å². The van der Waals surface area contributed by atoms with Gasteiger partial charge in [0.15, 0.2) is 11.6 Å². The molecule has 0 saturated heterocycles. The van der Waals surface area contributed by atoms with Gasteiger partial charge in [-0.3, -0.25) is 14.9 Å². The third-order valence-corrected chi connectivity index (χ3v) is 7.34. The van der Waals surface area contributed by atoms with E-state index in [9.17, 15) is 14.9 Å². The van der Waals surface area contributed by atoms with Crippen molar-refractivity contribution in [3.05, 3.63) is 110 Å². The molecule has 0 bridgehead atoms. The number of benzene rings is 3. The van der Waals surface area contributed by atoms with Crippen LogP contribution in [0.2, 0.25) is 0 Å². The van der Waals surface area contributed by atoms with E-state index in [-0.39, 0.29) is 17.0 Å². The predicted octanol–water partition coefficient (Wildman–Crippen LogP) is 4.92. The molecule has 0 unspecified atom stereocenters.